The van der Waals surface area contributed by atoms with Crippen LogP contribution in [0.15, 0.2) is 0 Å². The van der Waals surface area contributed by atoms with Crippen molar-refractivity contribution >= 4 is 5.97 Å². The van der Waals surface area contributed by atoms with E-state index in [9.17, 15) is 15.0 Å². The van der Waals surface area contributed by atoms with Gasteiger partial charge in [0.25, 0.3) is 0 Å². The minimum Gasteiger partial charge on any atom is -0.463 e. The Bertz CT molecular complexity index is 392. The number of rotatable bonds is 23. The normalized spacial score (nSPS) is 14.4. The molecule has 0 heterocycles. The van der Waals surface area contributed by atoms with Gasteiger partial charge in [-0.25, -0.2) is 0 Å². The van der Waals surface area contributed by atoms with Crippen molar-refractivity contribution in [2.45, 2.75) is 122 Å². The molecule has 31 heavy (non-hydrogen) atoms. The minimum absolute atomic E-state index is 0.0394. The molecular formula is C24H48O7. The van der Waals surface area contributed by atoms with Crippen molar-refractivity contribution in [3.8, 4) is 0 Å². The molecule has 0 saturated heterocycles. The number of hydrogen-bond donors (Lipinski definition) is 4. The van der Waals surface area contributed by atoms with Crippen molar-refractivity contribution in [3.63, 3.8) is 0 Å². The molecule has 0 spiro atoms. The van der Waals surface area contributed by atoms with Crippen molar-refractivity contribution in [1.82, 2.24) is 0 Å². The standard InChI is InChI=1S/C24H48O7/c1-2-3-4-5-6-7-8-9-10-11-12-13-14-23(30-19-21(27)17-25)15-16-24(29)31-20-22(28)18-26/h21-23,25-28H,2-20H2,1H3. The third-order valence-electron chi connectivity index (χ3n) is 5.43. The molecule has 0 aliphatic rings. The van der Waals surface area contributed by atoms with Gasteiger partial charge in [0.1, 0.15) is 18.8 Å². The molecule has 0 amide bonds. The smallest absolute Gasteiger partial charge is 0.305 e. The quantitative estimate of drug-likeness (QED) is 0.140. The van der Waals surface area contributed by atoms with Gasteiger partial charge in [-0.1, -0.05) is 84.0 Å². The lowest BCUT2D eigenvalue weighted by atomic mass is 10.0. The van der Waals surface area contributed by atoms with Gasteiger partial charge >= 0.3 is 5.97 Å². The van der Waals surface area contributed by atoms with E-state index in [2.05, 4.69) is 6.92 Å². The molecule has 0 aliphatic heterocycles. The lowest BCUT2D eigenvalue weighted by Gasteiger charge is -2.19. The highest BCUT2D eigenvalue weighted by Gasteiger charge is 2.15. The van der Waals surface area contributed by atoms with Gasteiger partial charge in [0.15, 0.2) is 0 Å². The summed E-state index contributed by atoms with van der Waals surface area (Å²) in [5.74, 6) is -0.446. The first kappa shape index (κ1) is 30.3. The van der Waals surface area contributed by atoms with Gasteiger partial charge in [0.05, 0.1) is 25.9 Å². The van der Waals surface area contributed by atoms with E-state index in [1.54, 1.807) is 0 Å². The molecule has 7 nitrogen and oxygen atoms in total. The Morgan fingerprint density at radius 1 is 0.710 bits per heavy atom. The monoisotopic (exact) mass is 448 g/mol. The van der Waals surface area contributed by atoms with E-state index < -0.39 is 24.8 Å². The predicted octanol–water partition coefficient (Wildman–Crippen LogP) is 3.49. The van der Waals surface area contributed by atoms with Crippen LogP contribution in [-0.2, 0) is 14.3 Å². The second-order valence-corrected chi connectivity index (χ2v) is 8.53. The summed E-state index contributed by atoms with van der Waals surface area (Å²) in [4.78, 5) is 11.8. The second-order valence-electron chi connectivity index (χ2n) is 8.53. The van der Waals surface area contributed by atoms with Gasteiger partial charge in [-0.2, -0.15) is 0 Å². The number of aliphatic hydroxyl groups excluding tert-OH is 4. The molecule has 3 atom stereocenters. The molecule has 0 saturated carbocycles. The summed E-state index contributed by atoms with van der Waals surface area (Å²) >= 11 is 0. The highest BCUT2D eigenvalue weighted by molar-refractivity contribution is 5.69. The zero-order valence-corrected chi connectivity index (χ0v) is 19.7. The summed E-state index contributed by atoms with van der Waals surface area (Å²) in [7, 11) is 0. The fraction of sp³-hybridized carbons (Fsp3) is 0.958. The van der Waals surface area contributed by atoms with E-state index in [0.717, 1.165) is 19.3 Å². The Hall–Kier alpha value is -0.730. The van der Waals surface area contributed by atoms with Gasteiger partial charge < -0.3 is 29.9 Å². The lowest BCUT2D eigenvalue weighted by Crippen LogP contribution is -2.26. The highest BCUT2D eigenvalue weighted by Crippen LogP contribution is 2.16. The average molecular weight is 449 g/mol. The molecule has 0 radical (unpaired) electrons. The molecule has 186 valence electrons. The predicted molar refractivity (Wildman–Crippen MR) is 122 cm³/mol. The third kappa shape index (κ3) is 20.9. The Morgan fingerprint density at radius 3 is 1.71 bits per heavy atom. The maximum absolute atomic E-state index is 11.8. The lowest BCUT2D eigenvalue weighted by molar-refractivity contribution is -0.148. The number of ether oxygens (including phenoxy) is 2. The Kier molecular flexibility index (Phi) is 21.9. The second kappa shape index (κ2) is 22.5. The summed E-state index contributed by atoms with van der Waals surface area (Å²) in [5.41, 5.74) is 0. The fourth-order valence-electron chi connectivity index (χ4n) is 3.42. The van der Waals surface area contributed by atoms with Crippen LogP contribution in [0.1, 0.15) is 103 Å². The maximum atomic E-state index is 11.8. The summed E-state index contributed by atoms with van der Waals surface area (Å²) < 4.78 is 10.6. The van der Waals surface area contributed by atoms with Crippen molar-refractivity contribution in [2.24, 2.45) is 0 Å². The zero-order chi connectivity index (χ0) is 23.2. The average Bonchev–Trinajstić information content (AvgIpc) is 2.78. The minimum atomic E-state index is -1.06. The van der Waals surface area contributed by atoms with E-state index in [-0.39, 0.29) is 32.3 Å². The number of hydrogen-bond acceptors (Lipinski definition) is 7. The van der Waals surface area contributed by atoms with Gasteiger partial charge in [-0.15, -0.1) is 0 Å². The van der Waals surface area contributed by atoms with Crippen molar-refractivity contribution in [2.75, 3.05) is 26.4 Å². The van der Waals surface area contributed by atoms with Crippen LogP contribution < -0.4 is 0 Å². The molecule has 4 N–H and O–H groups in total. The largest absolute Gasteiger partial charge is 0.463 e. The van der Waals surface area contributed by atoms with E-state index >= 15 is 0 Å². The molecule has 0 bridgehead atoms. The molecular weight excluding hydrogens is 400 g/mol. The molecule has 0 rings (SSSR count). The van der Waals surface area contributed by atoms with Crippen LogP contribution in [0.4, 0.5) is 0 Å². The molecule has 0 aliphatic carbocycles. The first-order chi connectivity index (χ1) is 15.0. The van der Waals surface area contributed by atoms with Gasteiger partial charge in [-0.3, -0.25) is 4.79 Å². The van der Waals surface area contributed by atoms with Crippen molar-refractivity contribution < 1.29 is 34.7 Å². The first-order valence-corrected chi connectivity index (χ1v) is 12.4. The molecule has 0 aromatic rings. The SMILES string of the molecule is CCCCCCCCCCCCCCC(CCC(=O)OCC(O)CO)OCC(O)CO. The maximum Gasteiger partial charge on any atom is 0.305 e. The van der Waals surface area contributed by atoms with Gasteiger partial charge in [0.2, 0.25) is 0 Å². The number of unbranched alkanes of at least 4 members (excludes halogenated alkanes) is 11. The van der Waals surface area contributed by atoms with Crippen molar-refractivity contribution in [3.05, 3.63) is 0 Å². The number of carbonyl (C=O) groups excluding carboxylic acids is 1. The highest BCUT2D eigenvalue weighted by atomic mass is 16.5. The topological polar surface area (TPSA) is 116 Å². The third-order valence-corrected chi connectivity index (χ3v) is 5.43. The summed E-state index contributed by atoms with van der Waals surface area (Å²) in [6.45, 7) is 1.26. The van der Waals surface area contributed by atoms with Crippen molar-refractivity contribution in [1.29, 1.82) is 0 Å². The van der Waals surface area contributed by atoms with Crippen LogP contribution in [0.25, 0.3) is 0 Å². The van der Waals surface area contributed by atoms with Crippen LogP contribution in [0.3, 0.4) is 0 Å². The number of carbonyl (C=O) groups is 1. The van der Waals surface area contributed by atoms with Crippen LogP contribution in [0.2, 0.25) is 0 Å². The Balaban J connectivity index is 3.90. The molecule has 0 aromatic heterocycles. The summed E-state index contributed by atoms with van der Waals surface area (Å²) in [6.07, 6.45) is 14.5. The Morgan fingerprint density at radius 2 is 1.19 bits per heavy atom. The first-order valence-electron chi connectivity index (χ1n) is 12.4. The summed E-state index contributed by atoms with van der Waals surface area (Å²) in [5, 5.41) is 36.4. The van der Waals surface area contributed by atoms with E-state index in [4.69, 9.17) is 19.7 Å². The molecule has 7 heteroatoms. The molecule has 0 aromatic carbocycles. The fourth-order valence-corrected chi connectivity index (χ4v) is 3.42. The number of esters is 1. The van der Waals surface area contributed by atoms with Gasteiger partial charge in [-0.05, 0) is 12.8 Å². The Labute approximate surface area is 189 Å². The summed E-state index contributed by atoms with van der Waals surface area (Å²) in [6, 6.07) is 0. The van der Waals surface area contributed by atoms with Gasteiger partial charge in [0, 0.05) is 6.42 Å². The zero-order valence-electron chi connectivity index (χ0n) is 19.7. The van der Waals surface area contributed by atoms with E-state index in [0.29, 0.717) is 6.42 Å². The van der Waals surface area contributed by atoms with Crippen LogP contribution in [0, 0.1) is 0 Å². The molecule has 3 unspecified atom stereocenters. The van der Waals surface area contributed by atoms with Crippen LogP contribution in [-0.4, -0.2) is 71.1 Å². The van der Waals surface area contributed by atoms with E-state index in [1.807, 2.05) is 0 Å². The molecule has 0 fully saturated rings. The van der Waals surface area contributed by atoms with E-state index in [1.165, 1.54) is 64.2 Å². The number of aliphatic hydroxyl groups is 4. The van der Waals surface area contributed by atoms with Crippen LogP contribution in [0.5, 0.6) is 0 Å². The van der Waals surface area contributed by atoms with Crippen LogP contribution >= 0.6 is 0 Å².